The van der Waals surface area contributed by atoms with Crippen LogP contribution in [0.2, 0.25) is 0 Å². The van der Waals surface area contributed by atoms with Crippen molar-refractivity contribution in [1.82, 2.24) is 0 Å². The molecule has 16 heavy (non-hydrogen) atoms. The lowest BCUT2D eigenvalue weighted by molar-refractivity contribution is 0.595. The zero-order chi connectivity index (χ0) is 12.0. The Morgan fingerprint density at radius 2 is 2.00 bits per heavy atom. The van der Waals surface area contributed by atoms with Crippen LogP contribution in [0.25, 0.3) is 0 Å². The highest BCUT2D eigenvalue weighted by molar-refractivity contribution is 5.49. The largest absolute Gasteiger partial charge is 0.369 e. The molecule has 0 bridgehead atoms. The van der Waals surface area contributed by atoms with Crippen LogP contribution in [0.3, 0.4) is 0 Å². The van der Waals surface area contributed by atoms with Gasteiger partial charge >= 0.3 is 0 Å². The predicted molar refractivity (Wildman–Crippen MR) is 73.2 cm³/mol. The SMILES string of the molecule is CCCCN(c1cccc(C)c1)C(C)CC. The van der Waals surface area contributed by atoms with Gasteiger partial charge in [-0.3, -0.25) is 0 Å². The van der Waals surface area contributed by atoms with Crippen molar-refractivity contribution in [3.63, 3.8) is 0 Å². The first-order chi connectivity index (χ1) is 7.69. The van der Waals surface area contributed by atoms with E-state index in [1.165, 1.54) is 37.1 Å². The Labute approximate surface area is 100 Å². The lowest BCUT2D eigenvalue weighted by Crippen LogP contribution is -2.33. The molecule has 1 unspecified atom stereocenters. The maximum Gasteiger partial charge on any atom is 0.0371 e. The number of nitrogens with zero attached hydrogens (tertiary/aromatic N) is 1. The molecule has 0 spiro atoms. The third kappa shape index (κ3) is 3.55. The van der Waals surface area contributed by atoms with Gasteiger partial charge in [-0.05, 0) is 44.4 Å². The van der Waals surface area contributed by atoms with Crippen LogP contribution in [0.15, 0.2) is 24.3 Å². The second-order valence-corrected chi connectivity index (χ2v) is 4.64. The van der Waals surface area contributed by atoms with E-state index in [0.717, 1.165) is 0 Å². The first-order valence-electron chi connectivity index (χ1n) is 6.52. The van der Waals surface area contributed by atoms with Crippen LogP contribution in [-0.4, -0.2) is 12.6 Å². The van der Waals surface area contributed by atoms with Crippen LogP contribution in [0.1, 0.15) is 45.6 Å². The quantitative estimate of drug-likeness (QED) is 0.685. The topological polar surface area (TPSA) is 3.24 Å². The number of hydrogen-bond acceptors (Lipinski definition) is 1. The zero-order valence-electron chi connectivity index (χ0n) is 11.2. The van der Waals surface area contributed by atoms with E-state index < -0.39 is 0 Å². The van der Waals surface area contributed by atoms with E-state index in [2.05, 4.69) is 56.9 Å². The van der Waals surface area contributed by atoms with E-state index in [0.29, 0.717) is 6.04 Å². The summed E-state index contributed by atoms with van der Waals surface area (Å²) < 4.78 is 0. The molecular formula is C15H25N. The molecule has 1 aromatic carbocycles. The summed E-state index contributed by atoms with van der Waals surface area (Å²) in [6.45, 7) is 10.2. The number of hydrogen-bond donors (Lipinski definition) is 0. The molecule has 0 N–H and O–H groups in total. The Bertz CT molecular complexity index is 306. The lowest BCUT2D eigenvalue weighted by Gasteiger charge is -2.31. The van der Waals surface area contributed by atoms with Gasteiger partial charge in [0.15, 0.2) is 0 Å². The average molecular weight is 219 g/mol. The van der Waals surface area contributed by atoms with E-state index in [9.17, 15) is 0 Å². The Kier molecular flexibility index (Phi) is 5.37. The van der Waals surface area contributed by atoms with Gasteiger partial charge < -0.3 is 4.90 Å². The molecule has 90 valence electrons. The molecule has 0 heterocycles. The molecule has 0 radical (unpaired) electrons. The van der Waals surface area contributed by atoms with Gasteiger partial charge in [0.25, 0.3) is 0 Å². The van der Waals surface area contributed by atoms with Gasteiger partial charge in [0, 0.05) is 18.3 Å². The van der Waals surface area contributed by atoms with Crippen LogP contribution in [0.4, 0.5) is 5.69 Å². The summed E-state index contributed by atoms with van der Waals surface area (Å²) in [6.07, 6.45) is 3.74. The van der Waals surface area contributed by atoms with Crippen LogP contribution >= 0.6 is 0 Å². The fraction of sp³-hybridized carbons (Fsp3) is 0.600. The lowest BCUT2D eigenvalue weighted by atomic mass is 10.1. The third-order valence-corrected chi connectivity index (χ3v) is 3.21. The first kappa shape index (κ1) is 13.1. The second-order valence-electron chi connectivity index (χ2n) is 4.64. The summed E-state index contributed by atoms with van der Waals surface area (Å²) in [5.74, 6) is 0. The fourth-order valence-corrected chi connectivity index (χ4v) is 1.96. The monoisotopic (exact) mass is 219 g/mol. The van der Waals surface area contributed by atoms with Gasteiger partial charge in [0.05, 0.1) is 0 Å². The van der Waals surface area contributed by atoms with Gasteiger partial charge in [-0.2, -0.15) is 0 Å². The number of anilines is 1. The molecule has 1 nitrogen and oxygen atoms in total. The number of benzene rings is 1. The van der Waals surface area contributed by atoms with Gasteiger partial charge in [-0.25, -0.2) is 0 Å². The minimum atomic E-state index is 0.633. The molecule has 0 fully saturated rings. The zero-order valence-corrected chi connectivity index (χ0v) is 11.2. The Morgan fingerprint density at radius 1 is 1.25 bits per heavy atom. The van der Waals surface area contributed by atoms with E-state index in [4.69, 9.17) is 0 Å². The molecule has 1 atom stereocenters. The molecule has 0 amide bonds. The molecule has 1 rings (SSSR count). The molecule has 0 saturated carbocycles. The van der Waals surface area contributed by atoms with Crippen molar-refractivity contribution in [2.75, 3.05) is 11.4 Å². The van der Waals surface area contributed by atoms with Gasteiger partial charge in [-0.15, -0.1) is 0 Å². The van der Waals surface area contributed by atoms with Gasteiger partial charge in [0.1, 0.15) is 0 Å². The maximum atomic E-state index is 2.54. The van der Waals surface area contributed by atoms with Crippen molar-refractivity contribution in [3.05, 3.63) is 29.8 Å². The summed E-state index contributed by atoms with van der Waals surface area (Å²) in [5.41, 5.74) is 2.73. The summed E-state index contributed by atoms with van der Waals surface area (Å²) >= 11 is 0. The number of unbranched alkanes of at least 4 members (excludes halogenated alkanes) is 1. The molecule has 1 heteroatoms. The van der Waals surface area contributed by atoms with Gasteiger partial charge in [-0.1, -0.05) is 32.4 Å². The van der Waals surface area contributed by atoms with Crippen molar-refractivity contribution in [2.24, 2.45) is 0 Å². The molecular weight excluding hydrogens is 194 g/mol. The highest BCUT2D eigenvalue weighted by Crippen LogP contribution is 2.20. The smallest absolute Gasteiger partial charge is 0.0371 e. The van der Waals surface area contributed by atoms with E-state index in [1.54, 1.807) is 0 Å². The van der Waals surface area contributed by atoms with Crippen LogP contribution in [0.5, 0.6) is 0 Å². The van der Waals surface area contributed by atoms with Crippen molar-refractivity contribution < 1.29 is 0 Å². The summed E-state index contributed by atoms with van der Waals surface area (Å²) in [7, 11) is 0. The average Bonchev–Trinajstić information content (AvgIpc) is 2.29. The molecule has 0 saturated heterocycles. The first-order valence-corrected chi connectivity index (χ1v) is 6.52. The number of rotatable bonds is 6. The minimum absolute atomic E-state index is 0.633. The summed E-state index contributed by atoms with van der Waals surface area (Å²) in [6, 6.07) is 9.48. The molecule has 0 aliphatic heterocycles. The Balaban J connectivity index is 2.82. The van der Waals surface area contributed by atoms with E-state index in [1.807, 2.05) is 0 Å². The van der Waals surface area contributed by atoms with Crippen LogP contribution < -0.4 is 4.90 Å². The fourth-order valence-electron chi connectivity index (χ4n) is 1.96. The highest BCUT2D eigenvalue weighted by Gasteiger charge is 2.11. The Morgan fingerprint density at radius 3 is 2.56 bits per heavy atom. The van der Waals surface area contributed by atoms with Crippen molar-refractivity contribution in [2.45, 2.75) is 53.0 Å². The molecule has 0 aromatic heterocycles. The van der Waals surface area contributed by atoms with Gasteiger partial charge in [0.2, 0.25) is 0 Å². The maximum absolute atomic E-state index is 2.54. The summed E-state index contributed by atoms with van der Waals surface area (Å²) in [4.78, 5) is 2.54. The van der Waals surface area contributed by atoms with E-state index >= 15 is 0 Å². The molecule has 1 aromatic rings. The minimum Gasteiger partial charge on any atom is -0.369 e. The van der Waals surface area contributed by atoms with E-state index in [-0.39, 0.29) is 0 Å². The normalized spacial score (nSPS) is 12.5. The Hall–Kier alpha value is -0.980. The van der Waals surface area contributed by atoms with Crippen LogP contribution in [-0.2, 0) is 0 Å². The van der Waals surface area contributed by atoms with Crippen molar-refractivity contribution in [3.8, 4) is 0 Å². The van der Waals surface area contributed by atoms with Crippen molar-refractivity contribution >= 4 is 5.69 Å². The van der Waals surface area contributed by atoms with Crippen LogP contribution in [0, 0.1) is 6.92 Å². The third-order valence-electron chi connectivity index (χ3n) is 3.21. The standard InChI is InChI=1S/C15H25N/c1-5-7-11-16(14(4)6-2)15-10-8-9-13(3)12-15/h8-10,12,14H,5-7,11H2,1-4H3. The number of aryl methyl sites for hydroxylation is 1. The van der Waals surface area contributed by atoms with Crippen molar-refractivity contribution in [1.29, 1.82) is 0 Å². The molecule has 0 aliphatic carbocycles. The second kappa shape index (κ2) is 6.57. The highest BCUT2D eigenvalue weighted by atomic mass is 15.2. The predicted octanol–water partition coefficient (Wildman–Crippen LogP) is 4.40. The summed E-state index contributed by atoms with van der Waals surface area (Å²) in [5, 5.41) is 0. The molecule has 0 aliphatic rings.